The smallest absolute Gasteiger partial charge is 0.341 e. The highest BCUT2D eigenvalue weighted by molar-refractivity contribution is 7.19. The van der Waals surface area contributed by atoms with Crippen LogP contribution < -0.4 is 10.6 Å². The zero-order valence-corrected chi connectivity index (χ0v) is 18.5. The van der Waals surface area contributed by atoms with E-state index in [-0.39, 0.29) is 30.4 Å². The Morgan fingerprint density at radius 2 is 1.80 bits per heavy atom. The van der Waals surface area contributed by atoms with Gasteiger partial charge in [-0.05, 0) is 49.4 Å². The molecule has 3 aromatic rings. The largest absolute Gasteiger partial charge is 0.462 e. The van der Waals surface area contributed by atoms with Gasteiger partial charge in [-0.15, -0.1) is 22.7 Å². The minimum absolute atomic E-state index is 0.196. The first kappa shape index (κ1) is 21.7. The fourth-order valence-corrected chi connectivity index (χ4v) is 4.71. The summed E-state index contributed by atoms with van der Waals surface area (Å²) in [6, 6.07) is 11.2. The summed E-state index contributed by atoms with van der Waals surface area (Å²) in [5.74, 6) is -1.15. The predicted octanol–water partition coefficient (Wildman–Crippen LogP) is 5.04. The van der Waals surface area contributed by atoms with Crippen LogP contribution in [0.25, 0.3) is 0 Å². The fraction of sp³-hybridized carbons (Fsp3) is 0.227. The van der Waals surface area contributed by atoms with Crippen LogP contribution in [0.4, 0.5) is 10.7 Å². The van der Waals surface area contributed by atoms with E-state index in [2.05, 4.69) is 10.6 Å². The lowest BCUT2D eigenvalue weighted by molar-refractivity contribution is -0.115. The molecule has 2 amide bonds. The van der Waals surface area contributed by atoms with Crippen LogP contribution in [0.3, 0.4) is 0 Å². The Bertz CT molecular complexity index is 1070. The van der Waals surface area contributed by atoms with E-state index in [1.54, 1.807) is 13.8 Å². The molecular weight excluding hydrogens is 420 g/mol. The molecule has 0 atom stereocenters. The maximum Gasteiger partial charge on any atom is 0.341 e. The summed E-state index contributed by atoms with van der Waals surface area (Å²) in [6.45, 7) is 5.49. The number of rotatable bonds is 7. The number of thiophene rings is 2. The van der Waals surface area contributed by atoms with Gasteiger partial charge in [0.2, 0.25) is 5.91 Å². The van der Waals surface area contributed by atoms with E-state index in [1.807, 2.05) is 48.7 Å². The van der Waals surface area contributed by atoms with Crippen LogP contribution in [-0.4, -0.2) is 24.4 Å². The third-order valence-corrected chi connectivity index (χ3v) is 6.48. The molecule has 0 aliphatic carbocycles. The molecule has 0 radical (unpaired) electrons. The molecule has 156 valence electrons. The average Bonchev–Trinajstić information content (AvgIpc) is 3.31. The van der Waals surface area contributed by atoms with Gasteiger partial charge < -0.3 is 15.4 Å². The second-order valence-corrected chi connectivity index (χ2v) is 8.61. The molecule has 0 aliphatic rings. The van der Waals surface area contributed by atoms with Gasteiger partial charge >= 0.3 is 5.97 Å². The van der Waals surface area contributed by atoms with Gasteiger partial charge in [0, 0.05) is 10.6 Å². The molecule has 0 fully saturated rings. The number of carbonyl (C=O) groups excluding carboxylic acids is 3. The highest BCUT2D eigenvalue weighted by Crippen LogP contribution is 2.34. The molecule has 0 bridgehead atoms. The van der Waals surface area contributed by atoms with Crippen molar-refractivity contribution < 1.29 is 19.1 Å². The van der Waals surface area contributed by atoms with Crippen molar-refractivity contribution >= 4 is 51.1 Å². The fourth-order valence-electron chi connectivity index (χ4n) is 2.90. The van der Waals surface area contributed by atoms with Crippen LogP contribution in [0.1, 0.15) is 43.0 Å². The van der Waals surface area contributed by atoms with E-state index in [9.17, 15) is 14.4 Å². The van der Waals surface area contributed by atoms with Crippen LogP contribution in [0, 0.1) is 13.8 Å². The predicted molar refractivity (Wildman–Crippen MR) is 121 cm³/mol. The van der Waals surface area contributed by atoms with Crippen molar-refractivity contribution in [3.8, 4) is 0 Å². The molecule has 2 N–H and O–H groups in total. The normalized spacial score (nSPS) is 10.5. The molecule has 0 saturated heterocycles. The van der Waals surface area contributed by atoms with Crippen LogP contribution in [-0.2, 0) is 16.0 Å². The van der Waals surface area contributed by atoms with Crippen LogP contribution in [0.2, 0.25) is 0 Å². The van der Waals surface area contributed by atoms with Gasteiger partial charge in [-0.1, -0.05) is 24.3 Å². The molecule has 30 heavy (non-hydrogen) atoms. The molecule has 1 aromatic carbocycles. The number of aryl methyl sites for hydroxylation is 1. The number of anilines is 2. The van der Waals surface area contributed by atoms with E-state index >= 15 is 0 Å². The molecule has 2 aromatic heterocycles. The summed E-state index contributed by atoms with van der Waals surface area (Å²) in [4.78, 5) is 39.2. The van der Waals surface area contributed by atoms with E-state index in [0.717, 1.165) is 21.8 Å². The summed E-state index contributed by atoms with van der Waals surface area (Å²) in [5.41, 5.74) is 2.32. The summed E-state index contributed by atoms with van der Waals surface area (Å²) < 4.78 is 5.15. The standard InChI is InChI=1S/C22H22N2O4S2/c1-4-28-22(27)18-14(3)19(20(26)23-16-10-6-5-8-13(16)2)30-21(18)24-17(25)12-15-9-7-11-29-15/h5-11H,4,12H2,1-3H3,(H,23,26)(H,24,25). The van der Waals surface area contributed by atoms with Gasteiger partial charge in [0.1, 0.15) is 5.00 Å². The van der Waals surface area contributed by atoms with Gasteiger partial charge in [-0.25, -0.2) is 4.79 Å². The van der Waals surface area contributed by atoms with E-state index in [1.165, 1.54) is 11.3 Å². The Morgan fingerprint density at radius 3 is 2.47 bits per heavy atom. The maximum absolute atomic E-state index is 12.9. The van der Waals surface area contributed by atoms with E-state index in [0.29, 0.717) is 21.1 Å². The Morgan fingerprint density at radius 1 is 1.03 bits per heavy atom. The Hall–Kier alpha value is -2.97. The van der Waals surface area contributed by atoms with Crippen molar-refractivity contribution in [2.75, 3.05) is 17.2 Å². The quantitative estimate of drug-likeness (QED) is 0.502. The average molecular weight is 443 g/mol. The molecule has 0 saturated carbocycles. The number of hydrogen-bond donors (Lipinski definition) is 2. The summed E-state index contributed by atoms with van der Waals surface area (Å²) in [6.07, 6.45) is 0.196. The van der Waals surface area contributed by atoms with Gasteiger partial charge in [-0.3, -0.25) is 9.59 Å². The molecule has 2 heterocycles. The SMILES string of the molecule is CCOC(=O)c1c(NC(=O)Cc2cccs2)sc(C(=O)Nc2ccccc2C)c1C. The monoisotopic (exact) mass is 442 g/mol. The highest BCUT2D eigenvalue weighted by Gasteiger charge is 2.27. The first-order chi connectivity index (χ1) is 14.4. The number of nitrogens with one attached hydrogen (secondary N) is 2. The van der Waals surface area contributed by atoms with Crippen molar-refractivity contribution in [2.24, 2.45) is 0 Å². The summed E-state index contributed by atoms with van der Waals surface area (Å²) in [7, 11) is 0. The topological polar surface area (TPSA) is 84.5 Å². The van der Waals surface area contributed by atoms with Crippen molar-refractivity contribution in [3.05, 3.63) is 68.2 Å². The number of esters is 1. The van der Waals surface area contributed by atoms with E-state index < -0.39 is 5.97 Å². The number of benzene rings is 1. The molecular formula is C22H22N2O4S2. The van der Waals surface area contributed by atoms with Gasteiger partial charge in [-0.2, -0.15) is 0 Å². The minimum Gasteiger partial charge on any atom is -0.462 e. The Labute approximate surface area is 182 Å². The highest BCUT2D eigenvalue weighted by atomic mass is 32.1. The number of amides is 2. The molecule has 3 rings (SSSR count). The number of hydrogen-bond acceptors (Lipinski definition) is 6. The van der Waals surface area contributed by atoms with Gasteiger partial charge in [0.25, 0.3) is 5.91 Å². The van der Waals surface area contributed by atoms with Crippen molar-refractivity contribution in [3.63, 3.8) is 0 Å². The first-order valence-corrected chi connectivity index (χ1v) is 11.1. The zero-order valence-electron chi connectivity index (χ0n) is 16.9. The third-order valence-electron chi connectivity index (χ3n) is 4.39. The second kappa shape index (κ2) is 9.69. The Balaban J connectivity index is 1.89. The lowest BCUT2D eigenvalue weighted by Crippen LogP contribution is -2.16. The number of carbonyl (C=O) groups is 3. The first-order valence-electron chi connectivity index (χ1n) is 9.40. The second-order valence-electron chi connectivity index (χ2n) is 6.55. The summed E-state index contributed by atoms with van der Waals surface area (Å²) >= 11 is 2.56. The molecule has 0 unspecified atom stereocenters. The maximum atomic E-state index is 12.9. The third kappa shape index (κ3) is 4.95. The lowest BCUT2D eigenvalue weighted by atomic mass is 10.1. The van der Waals surface area contributed by atoms with Gasteiger partial charge in [0.15, 0.2) is 0 Å². The zero-order chi connectivity index (χ0) is 21.7. The molecule has 8 heteroatoms. The molecule has 6 nitrogen and oxygen atoms in total. The van der Waals surface area contributed by atoms with Crippen molar-refractivity contribution in [1.82, 2.24) is 0 Å². The van der Waals surface area contributed by atoms with E-state index in [4.69, 9.17) is 4.74 Å². The molecule has 0 spiro atoms. The van der Waals surface area contributed by atoms with Crippen LogP contribution >= 0.6 is 22.7 Å². The van der Waals surface area contributed by atoms with Gasteiger partial charge in [0.05, 0.1) is 23.5 Å². The summed E-state index contributed by atoms with van der Waals surface area (Å²) in [5, 5.41) is 7.88. The number of para-hydroxylation sites is 1. The van der Waals surface area contributed by atoms with Crippen LogP contribution in [0.5, 0.6) is 0 Å². The lowest BCUT2D eigenvalue weighted by Gasteiger charge is -2.07. The minimum atomic E-state index is -0.562. The number of ether oxygens (including phenoxy) is 1. The van der Waals surface area contributed by atoms with Crippen LogP contribution in [0.15, 0.2) is 41.8 Å². The molecule has 0 aliphatic heterocycles. The van der Waals surface area contributed by atoms with Crippen molar-refractivity contribution in [2.45, 2.75) is 27.2 Å². The van der Waals surface area contributed by atoms with Crippen molar-refractivity contribution in [1.29, 1.82) is 0 Å². The Kier molecular flexibility index (Phi) is 7.02.